The summed E-state index contributed by atoms with van der Waals surface area (Å²) in [5.41, 5.74) is 45.0. The SMILES string of the molecule is c1ccc(N2c3cc4c(cc3B3c5c2cc(-n2c6ccccc6c6ccccc62)cc5-n2c5ccc(-n6c7ccccc7c7ccccc76)cc5c5cccc3c52)-c2ccccc2C42c3ccccc3-c3cc4c(cc32)N(c2ccccc2)c2cc(-n3c5ccccc5c5ccccc53)cc3c2B4c2cccc4c5cc(-n6c7ccccc7c7ccccc76)ccc5n-3c24)cc1. The lowest BCUT2D eigenvalue weighted by molar-refractivity contribution is 0.794. The zero-order chi connectivity index (χ0) is 84.6. The molecule has 20 aromatic carbocycles. The summed E-state index contributed by atoms with van der Waals surface area (Å²) in [5, 5.41) is 14.8. The van der Waals surface area contributed by atoms with Gasteiger partial charge in [0.2, 0.25) is 0 Å². The van der Waals surface area contributed by atoms with Crippen molar-refractivity contribution in [3.8, 4) is 56.4 Å². The molecule has 0 radical (unpaired) electrons. The van der Waals surface area contributed by atoms with Gasteiger partial charge in [0.05, 0.1) is 72.0 Å². The predicted molar refractivity (Wildman–Crippen MR) is 547 cm³/mol. The molecule has 6 aliphatic rings. The molecule has 26 aromatic rings. The van der Waals surface area contributed by atoms with Crippen LogP contribution in [0.15, 0.2) is 425 Å². The van der Waals surface area contributed by atoms with E-state index in [-0.39, 0.29) is 13.4 Å². The van der Waals surface area contributed by atoms with Gasteiger partial charge in [-0.15, -0.1) is 0 Å². The number of benzene rings is 20. The molecule has 2 aliphatic carbocycles. The van der Waals surface area contributed by atoms with Crippen LogP contribution in [0.1, 0.15) is 22.3 Å². The second-order valence-corrected chi connectivity index (χ2v) is 36.8. The Bertz CT molecular complexity index is 8980. The fourth-order valence-corrected chi connectivity index (χ4v) is 26.0. The van der Waals surface area contributed by atoms with Crippen molar-refractivity contribution in [2.24, 2.45) is 0 Å². The molecule has 0 atom stereocenters. The molecule has 10 heteroatoms. The van der Waals surface area contributed by atoms with Crippen LogP contribution in [0.4, 0.5) is 34.1 Å². The summed E-state index contributed by atoms with van der Waals surface area (Å²) < 4.78 is 15.3. The molecule has 6 aromatic heterocycles. The van der Waals surface area contributed by atoms with Crippen molar-refractivity contribution in [2.45, 2.75) is 5.41 Å². The Morgan fingerprint density at radius 2 is 0.450 bits per heavy atom. The number of para-hydroxylation sites is 12. The molecule has 0 bridgehead atoms. The van der Waals surface area contributed by atoms with Gasteiger partial charge >= 0.3 is 0 Å². The van der Waals surface area contributed by atoms with Crippen LogP contribution in [0, 0.1) is 0 Å². The van der Waals surface area contributed by atoms with Gasteiger partial charge in [-0.2, -0.15) is 0 Å². The van der Waals surface area contributed by atoms with Gasteiger partial charge in [-0.25, -0.2) is 0 Å². The molecule has 0 fully saturated rings. The first-order valence-electron chi connectivity index (χ1n) is 45.8. The number of anilines is 6. The minimum absolute atomic E-state index is 0.193. The quantitative estimate of drug-likeness (QED) is 0.156. The van der Waals surface area contributed by atoms with Gasteiger partial charge in [-0.1, -0.05) is 279 Å². The lowest BCUT2D eigenvalue weighted by atomic mass is 9.33. The van der Waals surface area contributed by atoms with Crippen molar-refractivity contribution >= 4 is 211 Å². The molecule has 131 heavy (non-hydrogen) atoms. The van der Waals surface area contributed by atoms with Crippen molar-refractivity contribution in [3.05, 3.63) is 447 Å². The highest BCUT2D eigenvalue weighted by Crippen LogP contribution is 2.65. The Labute approximate surface area is 751 Å². The van der Waals surface area contributed by atoms with E-state index in [1.165, 1.54) is 231 Å². The highest BCUT2D eigenvalue weighted by molar-refractivity contribution is 7.01. The van der Waals surface area contributed by atoms with E-state index >= 15 is 0 Å². The molecule has 0 unspecified atom stereocenters. The summed E-state index contributed by atoms with van der Waals surface area (Å²) in [5.74, 6) is 0. The van der Waals surface area contributed by atoms with Gasteiger partial charge in [0, 0.05) is 133 Å². The zero-order valence-corrected chi connectivity index (χ0v) is 70.6. The van der Waals surface area contributed by atoms with E-state index in [4.69, 9.17) is 0 Å². The number of hydrogen-bond acceptors (Lipinski definition) is 2. The molecule has 0 amide bonds. The normalized spacial score (nSPS) is 13.8. The second kappa shape index (κ2) is 24.8. The third-order valence-corrected chi connectivity index (χ3v) is 30.9. The molecule has 600 valence electrons. The first kappa shape index (κ1) is 69.2. The van der Waals surface area contributed by atoms with E-state index < -0.39 is 5.41 Å². The topological polar surface area (TPSA) is 36.1 Å². The van der Waals surface area contributed by atoms with Crippen LogP contribution in [0.25, 0.3) is 187 Å². The molecule has 10 heterocycles. The average molecular weight is 1660 g/mol. The fourth-order valence-electron chi connectivity index (χ4n) is 26.0. The van der Waals surface area contributed by atoms with Crippen molar-refractivity contribution in [1.29, 1.82) is 0 Å². The summed E-state index contributed by atoms with van der Waals surface area (Å²) >= 11 is 0. The highest BCUT2D eigenvalue weighted by Gasteiger charge is 2.56. The van der Waals surface area contributed by atoms with E-state index in [9.17, 15) is 0 Å². The van der Waals surface area contributed by atoms with Gasteiger partial charge in [0.1, 0.15) is 0 Å². The summed E-state index contributed by atoms with van der Waals surface area (Å²) in [4.78, 5) is 5.33. The van der Waals surface area contributed by atoms with Gasteiger partial charge in [-0.05, 0) is 223 Å². The maximum absolute atomic E-state index is 2.70. The average Bonchev–Trinajstić information content (AvgIpc) is 1.49. The number of fused-ring (bicyclic) bond motifs is 36. The van der Waals surface area contributed by atoms with E-state index in [0.29, 0.717) is 0 Å². The van der Waals surface area contributed by atoms with Gasteiger partial charge in [-0.3, -0.25) is 0 Å². The Kier molecular flexibility index (Phi) is 13.1. The standard InChI is InChI=1S/C121H70B2N8/c1-3-29-71(30-4-1)124-111-69-95-89(67-99(111)122-97-47-27-43-87-91-61-73(126-101-49-19-9-35-79(101)80-36-10-20-50-102(80)126)57-59-109(91)130(119(87)97)115-65-75(63-113(124)117(115)122)128-105-53-23-13-39-83(105)84-40-14-24-54-106(84)128)77-33-7-17-45-93(77)121(95)94-46-18-8-34-78(94)90-68-100-112(70-96(90)121)125(72-31-5-2-6-32-72)114-64-76(129-107-55-25-15-41-85(107)86-42-16-26-56-108(86)129)66-116-118(114)123(100)98-48-28-44-88-92-62-74(58-60-110(92)131(116)120(88)98)127-103-51-21-11-37-81(103)82-38-12-22-52-104(82)127/h1-70H. The van der Waals surface area contributed by atoms with E-state index in [1.807, 2.05) is 0 Å². The molecule has 0 N–H and O–H groups in total. The molecule has 4 aliphatic heterocycles. The fraction of sp³-hybridized carbons (Fsp3) is 0.00826. The van der Waals surface area contributed by atoms with E-state index in [0.717, 1.165) is 45.5 Å². The molecular formula is C121H70B2N8. The first-order valence-corrected chi connectivity index (χ1v) is 45.8. The Morgan fingerprint density at radius 1 is 0.160 bits per heavy atom. The third kappa shape index (κ3) is 8.56. The summed E-state index contributed by atoms with van der Waals surface area (Å²) in [6.07, 6.45) is 0. The molecule has 0 saturated heterocycles. The number of aromatic nitrogens is 6. The molecule has 32 rings (SSSR count). The van der Waals surface area contributed by atoms with Gasteiger partial charge in [0.25, 0.3) is 13.4 Å². The van der Waals surface area contributed by atoms with Crippen molar-refractivity contribution < 1.29 is 0 Å². The summed E-state index contributed by atoms with van der Waals surface area (Å²) in [6.45, 7) is -0.387. The number of rotatable bonds is 6. The molecule has 8 nitrogen and oxygen atoms in total. The molecular weight excluding hydrogens is 1590 g/mol. The summed E-state index contributed by atoms with van der Waals surface area (Å²) in [7, 11) is 0. The highest BCUT2D eigenvalue weighted by atomic mass is 15.2. The monoisotopic (exact) mass is 1660 g/mol. The van der Waals surface area contributed by atoms with Crippen molar-refractivity contribution in [3.63, 3.8) is 0 Å². The largest absolute Gasteiger partial charge is 0.311 e. The van der Waals surface area contributed by atoms with Crippen molar-refractivity contribution in [1.82, 2.24) is 27.4 Å². The number of hydrogen-bond donors (Lipinski definition) is 0. The first-order chi connectivity index (χ1) is 65.1. The second-order valence-electron chi connectivity index (χ2n) is 36.8. The summed E-state index contributed by atoms with van der Waals surface area (Å²) in [6, 6.07) is 163. The van der Waals surface area contributed by atoms with Crippen LogP contribution < -0.4 is 42.6 Å². The van der Waals surface area contributed by atoms with Crippen molar-refractivity contribution in [2.75, 3.05) is 9.80 Å². The lowest BCUT2D eigenvalue weighted by Gasteiger charge is -2.42. The minimum Gasteiger partial charge on any atom is -0.311 e. The van der Waals surface area contributed by atoms with Crippen LogP contribution in [0.5, 0.6) is 0 Å². The third-order valence-electron chi connectivity index (χ3n) is 30.9. The zero-order valence-electron chi connectivity index (χ0n) is 70.6. The van der Waals surface area contributed by atoms with Crippen LogP contribution in [0.2, 0.25) is 0 Å². The van der Waals surface area contributed by atoms with Crippen LogP contribution in [-0.4, -0.2) is 40.8 Å². The predicted octanol–water partition coefficient (Wildman–Crippen LogP) is 25.8. The van der Waals surface area contributed by atoms with Crippen LogP contribution in [0.3, 0.4) is 0 Å². The minimum atomic E-state index is -0.820. The Morgan fingerprint density at radius 3 is 0.802 bits per heavy atom. The van der Waals surface area contributed by atoms with E-state index in [2.05, 4.69) is 462 Å². The van der Waals surface area contributed by atoms with Gasteiger partial charge in [0.15, 0.2) is 0 Å². The smallest absolute Gasteiger partial charge is 0.252 e. The maximum Gasteiger partial charge on any atom is 0.252 e. The lowest BCUT2D eigenvalue weighted by Crippen LogP contribution is -2.60. The molecule has 0 saturated carbocycles. The van der Waals surface area contributed by atoms with E-state index in [1.54, 1.807) is 0 Å². The Hall–Kier alpha value is -17.1. The van der Waals surface area contributed by atoms with Crippen LogP contribution >= 0.6 is 0 Å². The Balaban J connectivity index is 0.670. The molecule has 1 spiro atoms. The van der Waals surface area contributed by atoms with Crippen LogP contribution in [-0.2, 0) is 5.41 Å². The maximum atomic E-state index is 2.70. The van der Waals surface area contributed by atoms with Gasteiger partial charge < -0.3 is 37.2 Å². The number of nitrogens with zero attached hydrogens (tertiary/aromatic N) is 8.